The lowest BCUT2D eigenvalue weighted by Gasteiger charge is -2.29. The third kappa shape index (κ3) is 10.9. The average Bonchev–Trinajstić information content (AvgIpc) is 2.67. The number of rotatable bonds is 5. The molecule has 10 nitrogen and oxygen atoms in total. The highest BCUT2D eigenvalue weighted by molar-refractivity contribution is 5.92. The summed E-state index contributed by atoms with van der Waals surface area (Å²) < 4.78 is 9.91. The van der Waals surface area contributed by atoms with Crippen LogP contribution in [0.3, 0.4) is 0 Å². The molecule has 0 heterocycles. The molecular weight excluding hydrogens is 388 g/mol. The molecule has 0 aromatic heterocycles. The third-order valence-corrected chi connectivity index (χ3v) is 4.17. The summed E-state index contributed by atoms with van der Waals surface area (Å²) in [4.78, 5) is 28.7. The number of hydrogen-bond donors (Lipinski definition) is 2. The van der Waals surface area contributed by atoms with Gasteiger partial charge >= 0.3 is 12.2 Å². The molecule has 0 aromatic carbocycles. The number of carbonyl (C=O) groups is 2. The second kappa shape index (κ2) is 14.5. The van der Waals surface area contributed by atoms with E-state index >= 15 is 0 Å². The molecule has 0 atom stereocenters. The number of carbonyl (C=O) groups excluding carboxylic acids is 2. The summed E-state index contributed by atoms with van der Waals surface area (Å²) in [7, 11) is 6.62. The van der Waals surface area contributed by atoms with Gasteiger partial charge in [0.15, 0.2) is 0 Å². The number of nitrogens with zero attached hydrogens (tertiary/aromatic N) is 4. The molecule has 0 unspecified atom stereocenters. The smallest absolute Gasteiger partial charge is 0.416 e. The number of amides is 2. The van der Waals surface area contributed by atoms with E-state index in [2.05, 4.69) is 0 Å². The van der Waals surface area contributed by atoms with Crippen molar-refractivity contribution in [1.82, 2.24) is 19.6 Å². The zero-order valence-corrected chi connectivity index (χ0v) is 20.6. The van der Waals surface area contributed by atoms with E-state index in [0.717, 1.165) is 6.42 Å². The Morgan fingerprint density at radius 3 is 1.43 bits per heavy atom. The van der Waals surface area contributed by atoms with Crippen molar-refractivity contribution in [3.8, 4) is 0 Å². The largest absolute Gasteiger partial charge is 0.449 e. The minimum absolute atomic E-state index is 0.135. The van der Waals surface area contributed by atoms with Crippen molar-refractivity contribution in [3.63, 3.8) is 0 Å². The van der Waals surface area contributed by atoms with Crippen LogP contribution in [-0.2, 0) is 9.47 Å². The van der Waals surface area contributed by atoms with Gasteiger partial charge in [-0.3, -0.25) is 20.6 Å². The van der Waals surface area contributed by atoms with Crippen molar-refractivity contribution >= 4 is 24.1 Å². The summed E-state index contributed by atoms with van der Waals surface area (Å²) in [6, 6.07) is 0.353. The molecule has 176 valence electrons. The van der Waals surface area contributed by atoms with Gasteiger partial charge in [-0.1, -0.05) is 6.92 Å². The van der Waals surface area contributed by atoms with Crippen molar-refractivity contribution in [2.75, 3.05) is 34.8 Å². The first-order chi connectivity index (χ1) is 13.7. The SMILES string of the molecule is CC(C)OC(=O)N(C)C(=N)N(C)C(C)C.CCCOC(=O)N(C)C(=N)N(C)C(C)C. The highest BCUT2D eigenvalue weighted by Crippen LogP contribution is 2.02. The van der Waals surface area contributed by atoms with Gasteiger partial charge in [-0.15, -0.1) is 0 Å². The highest BCUT2D eigenvalue weighted by Gasteiger charge is 2.21. The molecule has 0 radical (unpaired) electrons. The van der Waals surface area contributed by atoms with E-state index in [1.165, 1.54) is 16.8 Å². The van der Waals surface area contributed by atoms with Crippen LogP contribution in [0.4, 0.5) is 9.59 Å². The second-order valence-corrected chi connectivity index (χ2v) is 7.72. The van der Waals surface area contributed by atoms with E-state index in [4.69, 9.17) is 20.3 Å². The minimum Gasteiger partial charge on any atom is -0.449 e. The van der Waals surface area contributed by atoms with Crippen LogP contribution in [0.2, 0.25) is 0 Å². The number of nitrogens with one attached hydrogen (secondary N) is 2. The monoisotopic (exact) mass is 430 g/mol. The van der Waals surface area contributed by atoms with Crippen LogP contribution in [-0.4, -0.2) is 96.7 Å². The lowest BCUT2D eigenvalue weighted by atomic mass is 10.3. The Hall–Kier alpha value is -2.52. The zero-order chi connectivity index (χ0) is 24.2. The summed E-state index contributed by atoms with van der Waals surface area (Å²) in [6.07, 6.45) is -0.360. The Morgan fingerprint density at radius 1 is 0.767 bits per heavy atom. The average molecular weight is 431 g/mol. The molecule has 0 fully saturated rings. The van der Waals surface area contributed by atoms with Crippen LogP contribution < -0.4 is 0 Å². The third-order valence-electron chi connectivity index (χ3n) is 4.17. The Kier molecular flexibility index (Phi) is 14.3. The van der Waals surface area contributed by atoms with Gasteiger partial charge in [0.1, 0.15) is 0 Å². The van der Waals surface area contributed by atoms with E-state index in [0.29, 0.717) is 6.61 Å². The predicted molar refractivity (Wildman–Crippen MR) is 120 cm³/mol. The summed E-state index contributed by atoms with van der Waals surface area (Å²) in [5.41, 5.74) is 0. The lowest BCUT2D eigenvalue weighted by molar-refractivity contribution is 0.0955. The molecule has 0 aliphatic carbocycles. The Labute approximate surface area is 182 Å². The molecule has 0 aliphatic heterocycles. The van der Waals surface area contributed by atoms with Crippen LogP contribution in [0.1, 0.15) is 54.9 Å². The molecule has 0 aliphatic rings. The van der Waals surface area contributed by atoms with Crippen molar-refractivity contribution < 1.29 is 19.1 Å². The maximum atomic E-state index is 11.5. The van der Waals surface area contributed by atoms with Gasteiger partial charge in [0.05, 0.1) is 12.7 Å². The normalized spacial score (nSPS) is 10.2. The molecular formula is C20H42N6O4. The van der Waals surface area contributed by atoms with Gasteiger partial charge in [-0.25, -0.2) is 9.59 Å². The van der Waals surface area contributed by atoms with Crippen LogP contribution in [0.25, 0.3) is 0 Å². The number of ether oxygens (including phenoxy) is 2. The fraction of sp³-hybridized carbons (Fsp3) is 0.800. The number of hydrogen-bond acceptors (Lipinski definition) is 6. The van der Waals surface area contributed by atoms with Gasteiger partial charge in [-0.2, -0.15) is 0 Å². The van der Waals surface area contributed by atoms with E-state index in [1.807, 2.05) is 34.6 Å². The maximum Gasteiger partial charge on any atom is 0.416 e. The second-order valence-electron chi connectivity index (χ2n) is 7.72. The first-order valence-corrected chi connectivity index (χ1v) is 10.2. The maximum absolute atomic E-state index is 11.5. The van der Waals surface area contributed by atoms with E-state index in [9.17, 15) is 9.59 Å². The molecule has 0 bridgehead atoms. The summed E-state index contributed by atoms with van der Waals surface area (Å²) in [5, 5.41) is 15.5. The Balaban J connectivity index is 0. The van der Waals surface area contributed by atoms with Crippen LogP contribution in [0, 0.1) is 10.8 Å². The van der Waals surface area contributed by atoms with E-state index < -0.39 is 12.2 Å². The van der Waals surface area contributed by atoms with E-state index in [1.54, 1.807) is 44.8 Å². The fourth-order valence-corrected chi connectivity index (χ4v) is 1.70. The fourth-order valence-electron chi connectivity index (χ4n) is 1.70. The zero-order valence-electron chi connectivity index (χ0n) is 20.6. The molecule has 0 aromatic rings. The first kappa shape index (κ1) is 29.7. The molecule has 30 heavy (non-hydrogen) atoms. The van der Waals surface area contributed by atoms with Crippen LogP contribution >= 0.6 is 0 Å². The predicted octanol–water partition coefficient (Wildman–Crippen LogP) is 3.48. The van der Waals surface area contributed by atoms with Crippen LogP contribution in [0.15, 0.2) is 0 Å². The highest BCUT2D eigenvalue weighted by atomic mass is 16.6. The van der Waals surface area contributed by atoms with Gasteiger partial charge in [0.2, 0.25) is 11.9 Å². The molecule has 2 amide bonds. The summed E-state index contributed by atoms with van der Waals surface area (Å²) in [5.74, 6) is 0.279. The van der Waals surface area contributed by atoms with E-state index in [-0.39, 0.29) is 30.1 Å². The molecule has 0 saturated heterocycles. The van der Waals surface area contributed by atoms with Crippen molar-refractivity contribution in [2.24, 2.45) is 0 Å². The number of guanidine groups is 2. The lowest BCUT2D eigenvalue weighted by Crippen LogP contribution is -2.46. The summed E-state index contributed by atoms with van der Waals surface area (Å²) in [6.45, 7) is 13.7. The van der Waals surface area contributed by atoms with Gasteiger partial charge in [0, 0.05) is 40.3 Å². The van der Waals surface area contributed by atoms with Crippen LogP contribution in [0.5, 0.6) is 0 Å². The molecule has 10 heteroatoms. The minimum atomic E-state index is -0.498. The van der Waals surface area contributed by atoms with Crippen molar-refractivity contribution in [2.45, 2.75) is 73.1 Å². The summed E-state index contributed by atoms with van der Waals surface area (Å²) >= 11 is 0. The molecule has 0 saturated carbocycles. The Morgan fingerprint density at radius 2 is 1.13 bits per heavy atom. The first-order valence-electron chi connectivity index (χ1n) is 10.2. The molecule has 0 spiro atoms. The van der Waals surface area contributed by atoms with Gasteiger partial charge < -0.3 is 19.3 Å². The molecule has 0 rings (SSSR count). The van der Waals surface area contributed by atoms with Crippen molar-refractivity contribution in [3.05, 3.63) is 0 Å². The van der Waals surface area contributed by atoms with Crippen molar-refractivity contribution in [1.29, 1.82) is 10.8 Å². The van der Waals surface area contributed by atoms with Gasteiger partial charge in [0.25, 0.3) is 0 Å². The quantitative estimate of drug-likeness (QED) is 0.510. The standard InChI is InChI=1S/2C10H21N3O2/c1-7(2)12(5)9(11)13(6)10(14)15-8(3)4;1-6-7-15-10(14)13(5)9(11)12(4)8(2)3/h7-8,11H,1-6H3;8,11H,6-7H2,1-5H3. The Bertz CT molecular complexity index is 565. The van der Waals surface area contributed by atoms with Gasteiger partial charge in [-0.05, 0) is 48.0 Å². The molecule has 2 N–H and O–H groups in total. The topological polar surface area (TPSA) is 113 Å².